The highest BCUT2D eigenvalue weighted by Gasteiger charge is 2.33. The molecule has 3 aromatic heterocycles. The first kappa shape index (κ1) is 17.9. The molecule has 6 heteroatoms. The number of nitrogens with zero attached hydrogens (tertiary/aromatic N) is 3. The molecular formula is C23H25N5O. The lowest BCUT2D eigenvalue weighted by Gasteiger charge is -2.41. The van der Waals surface area contributed by atoms with E-state index in [0.29, 0.717) is 17.0 Å². The van der Waals surface area contributed by atoms with Crippen molar-refractivity contribution < 1.29 is 5.11 Å². The van der Waals surface area contributed by atoms with Gasteiger partial charge in [-0.25, -0.2) is 9.97 Å². The third-order valence-corrected chi connectivity index (χ3v) is 5.43. The van der Waals surface area contributed by atoms with E-state index in [-0.39, 0.29) is 16.8 Å². The van der Waals surface area contributed by atoms with Gasteiger partial charge in [0.25, 0.3) is 0 Å². The molecule has 148 valence electrons. The van der Waals surface area contributed by atoms with Crippen molar-refractivity contribution in [1.29, 1.82) is 0 Å². The molecule has 0 fully saturated rings. The smallest absolute Gasteiger partial charge is 0.234 e. The molecule has 4 heterocycles. The Kier molecular flexibility index (Phi) is 3.67. The average Bonchev–Trinajstić information content (AvgIpc) is 3.23. The molecule has 6 nitrogen and oxygen atoms in total. The largest absolute Gasteiger partial charge is 0.507 e. The van der Waals surface area contributed by atoms with E-state index in [9.17, 15) is 5.11 Å². The fraction of sp³-hybridized carbons (Fsp3) is 0.304. The van der Waals surface area contributed by atoms with Crippen molar-refractivity contribution in [3.63, 3.8) is 0 Å². The van der Waals surface area contributed by atoms with Gasteiger partial charge >= 0.3 is 0 Å². The minimum absolute atomic E-state index is 0.000779. The molecule has 0 bridgehead atoms. The molecule has 4 aromatic rings. The zero-order valence-corrected chi connectivity index (χ0v) is 17.1. The summed E-state index contributed by atoms with van der Waals surface area (Å²) < 4.78 is 1.90. The Balaban J connectivity index is 1.58. The molecule has 1 aromatic carbocycles. The van der Waals surface area contributed by atoms with Crippen LogP contribution in [0.25, 0.3) is 33.5 Å². The lowest BCUT2D eigenvalue weighted by molar-refractivity contribution is 0.297. The minimum Gasteiger partial charge on any atom is -0.507 e. The van der Waals surface area contributed by atoms with Crippen LogP contribution in [-0.4, -0.2) is 35.5 Å². The van der Waals surface area contributed by atoms with Crippen molar-refractivity contribution in [3.05, 3.63) is 54.6 Å². The van der Waals surface area contributed by atoms with Gasteiger partial charge in [0, 0.05) is 46.1 Å². The summed E-state index contributed by atoms with van der Waals surface area (Å²) in [6.45, 7) is 8.79. The van der Waals surface area contributed by atoms with Crippen molar-refractivity contribution >= 4 is 22.3 Å². The topological polar surface area (TPSA) is 78.2 Å². The van der Waals surface area contributed by atoms with Crippen LogP contribution in [0.15, 0.2) is 48.9 Å². The first-order valence-electron chi connectivity index (χ1n) is 9.87. The van der Waals surface area contributed by atoms with Gasteiger partial charge in [-0.2, -0.15) is 0 Å². The number of phenols is 1. The number of phenolic OH excluding ortho intramolecular Hbond substituents is 1. The van der Waals surface area contributed by atoms with Gasteiger partial charge in [-0.3, -0.25) is 4.40 Å². The lowest BCUT2D eigenvalue weighted by Crippen LogP contribution is -2.53. The number of rotatable bonds is 2. The number of benzene rings is 1. The third-order valence-electron chi connectivity index (χ3n) is 5.43. The summed E-state index contributed by atoms with van der Waals surface area (Å²) >= 11 is 0. The molecule has 0 amide bonds. The van der Waals surface area contributed by atoms with Crippen LogP contribution in [0, 0.1) is 0 Å². The number of aromatic hydroxyl groups is 1. The van der Waals surface area contributed by atoms with Gasteiger partial charge in [0.15, 0.2) is 0 Å². The Labute approximate surface area is 169 Å². The number of nitrogens with one attached hydrogen (secondary N) is 2. The van der Waals surface area contributed by atoms with E-state index in [2.05, 4.69) is 44.1 Å². The van der Waals surface area contributed by atoms with E-state index < -0.39 is 0 Å². The number of aromatic amines is 1. The summed E-state index contributed by atoms with van der Waals surface area (Å²) in [6, 6.07) is 7.66. The predicted octanol–water partition coefficient (Wildman–Crippen LogP) is 4.52. The van der Waals surface area contributed by atoms with E-state index in [1.807, 2.05) is 41.2 Å². The third kappa shape index (κ3) is 3.19. The molecule has 0 saturated carbocycles. The van der Waals surface area contributed by atoms with Crippen LogP contribution < -0.4 is 5.32 Å². The second-order valence-corrected chi connectivity index (χ2v) is 9.16. The number of hydrogen-bond acceptors (Lipinski definition) is 4. The number of aromatic nitrogens is 4. The summed E-state index contributed by atoms with van der Waals surface area (Å²) in [7, 11) is 0. The highest BCUT2D eigenvalue weighted by molar-refractivity contribution is 5.88. The fourth-order valence-electron chi connectivity index (χ4n) is 4.55. The van der Waals surface area contributed by atoms with E-state index in [1.165, 1.54) is 5.57 Å². The van der Waals surface area contributed by atoms with Gasteiger partial charge in [0.2, 0.25) is 5.78 Å². The van der Waals surface area contributed by atoms with Crippen molar-refractivity contribution in [1.82, 2.24) is 24.7 Å². The fourth-order valence-corrected chi connectivity index (χ4v) is 4.55. The van der Waals surface area contributed by atoms with Gasteiger partial charge in [-0.05, 0) is 64.0 Å². The van der Waals surface area contributed by atoms with Gasteiger partial charge < -0.3 is 15.4 Å². The first-order chi connectivity index (χ1) is 13.7. The van der Waals surface area contributed by atoms with E-state index in [0.717, 1.165) is 23.0 Å². The zero-order valence-electron chi connectivity index (χ0n) is 17.1. The lowest BCUT2D eigenvalue weighted by atomic mass is 9.82. The Morgan fingerprint density at radius 3 is 2.66 bits per heavy atom. The van der Waals surface area contributed by atoms with Crippen LogP contribution in [0.5, 0.6) is 5.75 Å². The van der Waals surface area contributed by atoms with E-state index >= 15 is 0 Å². The molecule has 0 spiro atoms. The quantitative estimate of drug-likeness (QED) is 0.473. The molecule has 0 saturated heterocycles. The average molecular weight is 387 g/mol. The first-order valence-corrected chi connectivity index (χ1v) is 9.87. The van der Waals surface area contributed by atoms with Gasteiger partial charge in [0.1, 0.15) is 5.75 Å². The SMILES string of the molecule is CC1(C)C=C(c2ccn3cc(-c4cc5[nH]ccc5cc4O)nc3n2)CC(C)(C)N1. The van der Waals surface area contributed by atoms with Crippen LogP contribution in [0.4, 0.5) is 0 Å². The Morgan fingerprint density at radius 1 is 1.07 bits per heavy atom. The summed E-state index contributed by atoms with van der Waals surface area (Å²) in [5.41, 5.74) is 4.43. The standard InChI is InChI=1S/C23H25N5O/c1-22(2)11-15(12-23(3,4)27-22)17-6-8-28-13-19(26-21(28)25-17)16-10-18-14(5-7-24-18)9-20(16)29/h5-11,13,24,27,29H,12H2,1-4H3. The summed E-state index contributed by atoms with van der Waals surface area (Å²) in [5.74, 6) is 0.837. The van der Waals surface area contributed by atoms with Crippen LogP contribution >= 0.6 is 0 Å². The Morgan fingerprint density at radius 2 is 1.86 bits per heavy atom. The summed E-state index contributed by atoms with van der Waals surface area (Å²) in [5, 5.41) is 15.1. The number of fused-ring (bicyclic) bond motifs is 2. The van der Waals surface area contributed by atoms with E-state index in [4.69, 9.17) is 9.97 Å². The normalized spacial score (nSPS) is 18.3. The van der Waals surface area contributed by atoms with Crippen molar-refractivity contribution in [2.24, 2.45) is 0 Å². The molecule has 29 heavy (non-hydrogen) atoms. The Hall–Kier alpha value is -3.12. The molecule has 5 rings (SSSR count). The molecule has 1 aliphatic rings. The highest BCUT2D eigenvalue weighted by Crippen LogP contribution is 2.34. The van der Waals surface area contributed by atoms with Gasteiger partial charge in [0.05, 0.1) is 11.4 Å². The molecule has 3 N–H and O–H groups in total. The van der Waals surface area contributed by atoms with Gasteiger partial charge in [-0.15, -0.1) is 0 Å². The number of H-pyrrole nitrogens is 1. The van der Waals surface area contributed by atoms with Crippen LogP contribution in [0.3, 0.4) is 0 Å². The molecular weight excluding hydrogens is 362 g/mol. The number of imidazole rings is 1. The Bertz CT molecular complexity index is 1280. The monoisotopic (exact) mass is 387 g/mol. The summed E-state index contributed by atoms with van der Waals surface area (Å²) in [6.07, 6.45) is 8.91. The van der Waals surface area contributed by atoms with Crippen LogP contribution in [-0.2, 0) is 0 Å². The maximum Gasteiger partial charge on any atom is 0.234 e. The van der Waals surface area contributed by atoms with E-state index in [1.54, 1.807) is 6.07 Å². The molecule has 0 aliphatic carbocycles. The second kappa shape index (κ2) is 5.94. The molecule has 1 aliphatic heterocycles. The highest BCUT2D eigenvalue weighted by atomic mass is 16.3. The maximum atomic E-state index is 10.5. The molecule has 0 radical (unpaired) electrons. The maximum absolute atomic E-state index is 10.5. The van der Waals surface area contributed by atoms with Crippen molar-refractivity contribution in [2.75, 3.05) is 0 Å². The zero-order chi connectivity index (χ0) is 20.4. The van der Waals surface area contributed by atoms with Crippen LogP contribution in [0.2, 0.25) is 0 Å². The van der Waals surface area contributed by atoms with Crippen LogP contribution in [0.1, 0.15) is 39.8 Å². The van der Waals surface area contributed by atoms with Crippen molar-refractivity contribution in [3.8, 4) is 17.0 Å². The minimum atomic E-state index is -0.0945. The van der Waals surface area contributed by atoms with Crippen molar-refractivity contribution in [2.45, 2.75) is 45.2 Å². The second-order valence-electron chi connectivity index (χ2n) is 9.16. The number of hydrogen-bond donors (Lipinski definition) is 3. The van der Waals surface area contributed by atoms with Gasteiger partial charge in [-0.1, -0.05) is 6.08 Å². The molecule has 0 atom stereocenters. The predicted molar refractivity (Wildman–Crippen MR) is 116 cm³/mol. The summed E-state index contributed by atoms with van der Waals surface area (Å²) in [4.78, 5) is 12.7. The molecule has 0 unspecified atom stereocenters.